The van der Waals surface area contributed by atoms with Crippen molar-refractivity contribution in [2.24, 2.45) is 5.73 Å². The highest BCUT2D eigenvalue weighted by Crippen LogP contribution is 2.19. The van der Waals surface area contributed by atoms with Gasteiger partial charge in [-0.1, -0.05) is 24.3 Å². The number of hydrogen-bond acceptors (Lipinski definition) is 2. The molecule has 0 heterocycles. The summed E-state index contributed by atoms with van der Waals surface area (Å²) in [6.45, 7) is 0.709. The van der Waals surface area contributed by atoms with E-state index in [1.54, 1.807) is 0 Å². The molecule has 18 heavy (non-hydrogen) atoms. The first-order valence-corrected chi connectivity index (χ1v) is 5.55. The van der Waals surface area contributed by atoms with Crippen molar-refractivity contribution in [1.29, 1.82) is 0 Å². The molecular weight excluding hydrogens is 236 g/mol. The Labute approximate surface area is 104 Å². The lowest BCUT2D eigenvalue weighted by atomic mass is 10.1. The summed E-state index contributed by atoms with van der Waals surface area (Å²) in [6.07, 6.45) is 0. The largest absolute Gasteiger partial charge is 0.486 e. The van der Waals surface area contributed by atoms with Crippen LogP contribution in [0, 0.1) is 11.6 Å². The van der Waals surface area contributed by atoms with Crippen LogP contribution in [0.5, 0.6) is 5.75 Å². The van der Waals surface area contributed by atoms with Crippen LogP contribution in [0.4, 0.5) is 8.78 Å². The molecule has 2 aromatic carbocycles. The van der Waals surface area contributed by atoms with E-state index < -0.39 is 11.6 Å². The van der Waals surface area contributed by atoms with E-state index in [1.807, 2.05) is 24.3 Å². The molecule has 94 valence electrons. The zero-order chi connectivity index (χ0) is 13.0. The third kappa shape index (κ3) is 3.05. The second-order valence-electron chi connectivity index (χ2n) is 3.88. The summed E-state index contributed by atoms with van der Waals surface area (Å²) in [7, 11) is 0. The van der Waals surface area contributed by atoms with Crippen LogP contribution < -0.4 is 10.5 Å². The molecule has 0 aliphatic carbocycles. The van der Waals surface area contributed by atoms with Gasteiger partial charge >= 0.3 is 0 Å². The van der Waals surface area contributed by atoms with Crippen molar-refractivity contribution < 1.29 is 13.5 Å². The monoisotopic (exact) mass is 249 g/mol. The van der Waals surface area contributed by atoms with Crippen LogP contribution >= 0.6 is 0 Å². The predicted octanol–water partition coefficient (Wildman–Crippen LogP) is 3.00. The summed E-state index contributed by atoms with van der Waals surface area (Å²) in [5.74, 6) is -1.28. The molecule has 0 amide bonds. The standard InChI is InChI=1S/C14H13F2NO/c15-12-5-6-14(13(16)7-12)18-9-11-3-1-10(8-17)2-4-11/h1-7H,8-9,17H2. The third-order valence-corrected chi connectivity index (χ3v) is 2.55. The van der Waals surface area contributed by atoms with Gasteiger partial charge in [0.25, 0.3) is 0 Å². The van der Waals surface area contributed by atoms with E-state index in [2.05, 4.69) is 0 Å². The van der Waals surface area contributed by atoms with Crippen LogP contribution in [0.2, 0.25) is 0 Å². The molecule has 0 aliphatic rings. The lowest BCUT2D eigenvalue weighted by molar-refractivity contribution is 0.289. The van der Waals surface area contributed by atoms with Gasteiger partial charge in [-0.25, -0.2) is 8.78 Å². The van der Waals surface area contributed by atoms with Gasteiger partial charge < -0.3 is 10.5 Å². The Balaban J connectivity index is 2.02. The van der Waals surface area contributed by atoms with Gasteiger partial charge in [-0.2, -0.15) is 0 Å². The highest BCUT2D eigenvalue weighted by molar-refractivity contribution is 5.26. The van der Waals surface area contributed by atoms with Crippen molar-refractivity contribution in [3.05, 3.63) is 65.2 Å². The highest BCUT2D eigenvalue weighted by atomic mass is 19.1. The van der Waals surface area contributed by atoms with E-state index in [4.69, 9.17) is 10.5 Å². The van der Waals surface area contributed by atoms with E-state index in [-0.39, 0.29) is 12.4 Å². The summed E-state index contributed by atoms with van der Waals surface area (Å²) < 4.78 is 31.3. The first kappa shape index (κ1) is 12.5. The Morgan fingerprint density at radius 3 is 2.22 bits per heavy atom. The third-order valence-electron chi connectivity index (χ3n) is 2.55. The van der Waals surface area contributed by atoms with Gasteiger partial charge in [-0.3, -0.25) is 0 Å². The van der Waals surface area contributed by atoms with Gasteiger partial charge in [0.2, 0.25) is 0 Å². The second-order valence-corrected chi connectivity index (χ2v) is 3.88. The minimum absolute atomic E-state index is 0.0410. The summed E-state index contributed by atoms with van der Waals surface area (Å²) in [6, 6.07) is 10.7. The van der Waals surface area contributed by atoms with E-state index in [9.17, 15) is 8.78 Å². The molecular formula is C14H13F2NO. The Hall–Kier alpha value is -1.94. The van der Waals surface area contributed by atoms with E-state index in [0.29, 0.717) is 6.54 Å². The molecule has 0 bridgehead atoms. The normalized spacial score (nSPS) is 10.4. The van der Waals surface area contributed by atoms with Crippen molar-refractivity contribution in [2.45, 2.75) is 13.2 Å². The molecule has 0 atom stereocenters. The van der Waals surface area contributed by atoms with Crippen LogP contribution in [0.15, 0.2) is 42.5 Å². The average molecular weight is 249 g/mol. The van der Waals surface area contributed by atoms with Crippen LogP contribution in [0.25, 0.3) is 0 Å². The first-order chi connectivity index (χ1) is 8.69. The van der Waals surface area contributed by atoms with Crippen molar-refractivity contribution >= 4 is 0 Å². The first-order valence-electron chi connectivity index (χ1n) is 5.55. The van der Waals surface area contributed by atoms with Crippen LogP contribution in [0.1, 0.15) is 11.1 Å². The van der Waals surface area contributed by atoms with Crippen LogP contribution in [0.3, 0.4) is 0 Å². The molecule has 0 aliphatic heterocycles. The van der Waals surface area contributed by atoms with Gasteiger partial charge in [0.15, 0.2) is 11.6 Å². The average Bonchev–Trinajstić information content (AvgIpc) is 2.38. The molecule has 2 N–H and O–H groups in total. The van der Waals surface area contributed by atoms with Crippen LogP contribution in [-0.2, 0) is 13.2 Å². The Morgan fingerprint density at radius 1 is 0.944 bits per heavy atom. The predicted molar refractivity (Wildman–Crippen MR) is 65.0 cm³/mol. The Morgan fingerprint density at radius 2 is 1.61 bits per heavy atom. The molecule has 0 radical (unpaired) electrons. The maximum Gasteiger partial charge on any atom is 0.167 e. The second kappa shape index (κ2) is 5.60. The zero-order valence-electron chi connectivity index (χ0n) is 9.70. The number of nitrogens with two attached hydrogens (primary N) is 1. The maximum atomic E-state index is 13.3. The summed E-state index contributed by atoms with van der Waals surface area (Å²) in [4.78, 5) is 0. The summed E-state index contributed by atoms with van der Waals surface area (Å²) in [5, 5.41) is 0. The Kier molecular flexibility index (Phi) is 3.89. The molecule has 0 saturated carbocycles. The molecule has 4 heteroatoms. The van der Waals surface area contributed by atoms with E-state index in [0.717, 1.165) is 23.3 Å². The maximum absolute atomic E-state index is 13.3. The van der Waals surface area contributed by atoms with Gasteiger partial charge in [-0.05, 0) is 23.3 Å². The molecule has 2 aromatic rings. The summed E-state index contributed by atoms with van der Waals surface area (Å²) >= 11 is 0. The lowest BCUT2D eigenvalue weighted by Crippen LogP contribution is -1.99. The Bertz CT molecular complexity index is 526. The molecule has 0 saturated heterocycles. The fourth-order valence-electron chi connectivity index (χ4n) is 1.52. The number of hydrogen-bond donors (Lipinski definition) is 1. The lowest BCUT2D eigenvalue weighted by Gasteiger charge is -2.07. The number of rotatable bonds is 4. The van der Waals surface area contributed by atoms with Crippen molar-refractivity contribution in [1.82, 2.24) is 0 Å². The zero-order valence-corrected chi connectivity index (χ0v) is 9.70. The van der Waals surface area contributed by atoms with Gasteiger partial charge in [0.1, 0.15) is 12.4 Å². The number of ether oxygens (including phenoxy) is 1. The fraction of sp³-hybridized carbons (Fsp3) is 0.143. The van der Waals surface area contributed by atoms with Crippen molar-refractivity contribution in [3.8, 4) is 5.75 Å². The SMILES string of the molecule is NCc1ccc(COc2ccc(F)cc2F)cc1. The molecule has 0 aromatic heterocycles. The van der Waals surface area contributed by atoms with Gasteiger partial charge in [0.05, 0.1) is 0 Å². The highest BCUT2D eigenvalue weighted by Gasteiger charge is 2.04. The number of halogens is 2. The van der Waals surface area contributed by atoms with Crippen LogP contribution in [-0.4, -0.2) is 0 Å². The molecule has 0 spiro atoms. The van der Waals surface area contributed by atoms with Crippen molar-refractivity contribution in [3.63, 3.8) is 0 Å². The van der Waals surface area contributed by atoms with Gasteiger partial charge in [-0.15, -0.1) is 0 Å². The molecule has 0 fully saturated rings. The minimum Gasteiger partial charge on any atom is -0.486 e. The minimum atomic E-state index is -0.700. The van der Waals surface area contributed by atoms with E-state index >= 15 is 0 Å². The molecule has 0 unspecified atom stereocenters. The summed E-state index contributed by atoms with van der Waals surface area (Å²) in [5.41, 5.74) is 7.40. The fourth-order valence-corrected chi connectivity index (χ4v) is 1.52. The van der Waals surface area contributed by atoms with Gasteiger partial charge in [0, 0.05) is 12.6 Å². The quantitative estimate of drug-likeness (QED) is 0.904. The smallest absolute Gasteiger partial charge is 0.167 e. The topological polar surface area (TPSA) is 35.2 Å². The van der Waals surface area contributed by atoms with E-state index in [1.165, 1.54) is 6.07 Å². The van der Waals surface area contributed by atoms with Crippen molar-refractivity contribution in [2.75, 3.05) is 0 Å². The number of benzene rings is 2. The molecule has 2 rings (SSSR count). The molecule has 2 nitrogen and oxygen atoms in total.